The fourth-order valence-electron chi connectivity index (χ4n) is 1.79. The number of rotatable bonds is 5. The fraction of sp³-hybridized carbons (Fsp3) is 0.125. The Hall–Kier alpha value is -2.57. The lowest BCUT2D eigenvalue weighted by molar-refractivity contribution is -0.119. The van der Waals surface area contributed by atoms with Crippen LogP contribution in [0.4, 0.5) is 21.9 Å². The van der Waals surface area contributed by atoms with Crippen LogP contribution < -0.4 is 16.0 Å². The number of nitrogens with one attached hydrogen (secondary N) is 3. The van der Waals surface area contributed by atoms with Crippen LogP contribution in [0.25, 0.3) is 0 Å². The van der Waals surface area contributed by atoms with E-state index in [0.29, 0.717) is 22.1 Å². The van der Waals surface area contributed by atoms with Gasteiger partial charge in [0.15, 0.2) is 0 Å². The minimum Gasteiger partial charge on any atom is -0.375 e. The molecule has 0 spiro atoms. The maximum atomic E-state index is 11.9. The fourth-order valence-corrected chi connectivity index (χ4v) is 1.92. The topological polar surface area (TPSA) is 79.5 Å². The molecular weight excluding hydrogens is 318 g/mol. The van der Waals surface area contributed by atoms with Gasteiger partial charge in [-0.3, -0.25) is 4.79 Å². The Bertz CT molecular complexity index is 672. The Morgan fingerprint density at radius 2 is 1.30 bits per heavy atom. The van der Waals surface area contributed by atoms with Gasteiger partial charge in [-0.05, 0) is 48.5 Å². The van der Waals surface area contributed by atoms with Crippen LogP contribution in [0.2, 0.25) is 5.02 Å². The van der Waals surface area contributed by atoms with Crippen molar-refractivity contribution in [3.8, 4) is 0 Å². The minimum absolute atomic E-state index is 0.0104. The second-order valence-electron chi connectivity index (χ2n) is 4.64. The number of amides is 3. The number of hydrogen-bond donors (Lipinski definition) is 3. The quantitative estimate of drug-likeness (QED) is 0.782. The molecule has 120 valence electrons. The highest BCUT2D eigenvalue weighted by Crippen LogP contribution is 2.16. The first-order valence-electron chi connectivity index (χ1n) is 6.79. The molecule has 0 atom stereocenters. The molecule has 0 bridgehead atoms. The van der Waals surface area contributed by atoms with Crippen molar-refractivity contribution in [1.82, 2.24) is 0 Å². The largest absolute Gasteiger partial charge is 0.375 e. The van der Waals surface area contributed by atoms with Crippen molar-refractivity contribution >= 4 is 40.6 Å². The Labute approximate surface area is 138 Å². The normalized spacial score (nSPS) is 10.0. The lowest BCUT2D eigenvalue weighted by atomic mass is 10.3. The first kappa shape index (κ1) is 16.8. The third kappa shape index (κ3) is 5.61. The summed E-state index contributed by atoms with van der Waals surface area (Å²) in [4.78, 5) is 23.3. The molecule has 0 heterocycles. The minimum atomic E-state index is -0.372. The van der Waals surface area contributed by atoms with E-state index in [0.717, 1.165) is 0 Å². The van der Waals surface area contributed by atoms with E-state index in [1.54, 1.807) is 48.5 Å². The van der Waals surface area contributed by atoms with Gasteiger partial charge in [-0.1, -0.05) is 11.6 Å². The van der Waals surface area contributed by atoms with Gasteiger partial charge in [-0.2, -0.15) is 0 Å². The van der Waals surface area contributed by atoms with Crippen molar-refractivity contribution in [2.75, 3.05) is 29.7 Å². The van der Waals surface area contributed by atoms with Gasteiger partial charge < -0.3 is 20.7 Å². The van der Waals surface area contributed by atoms with Crippen molar-refractivity contribution in [2.24, 2.45) is 0 Å². The Kier molecular flexibility index (Phi) is 5.96. The SMILES string of the molecule is COCC(=O)Nc1ccc(NC(=O)Nc2ccc(Cl)cc2)cc1. The zero-order chi connectivity index (χ0) is 16.7. The van der Waals surface area contributed by atoms with Crippen molar-refractivity contribution in [3.05, 3.63) is 53.6 Å². The first-order chi connectivity index (χ1) is 11.1. The molecule has 0 radical (unpaired) electrons. The predicted octanol–water partition coefficient (Wildman–Crippen LogP) is 3.57. The smallest absolute Gasteiger partial charge is 0.323 e. The molecule has 0 fully saturated rings. The standard InChI is InChI=1S/C16H16ClN3O3/c1-23-10-15(21)18-12-6-8-14(9-7-12)20-16(22)19-13-4-2-11(17)3-5-13/h2-9H,10H2,1H3,(H,18,21)(H2,19,20,22). The van der Waals surface area contributed by atoms with Crippen LogP contribution >= 0.6 is 11.6 Å². The zero-order valence-corrected chi connectivity index (χ0v) is 13.2. The molecule has 0 aromatic heterocycles. The molecule has 7 heteroatoms. The average molecular weight is 334 g/mol. The number of carbonyl (C=O) groups is 2. The molecule has 2 aromatic rings. The molecule has 3 amide bonds. The Balaban J connectivity index is 1.88. The Morgan fingerprint density at radius 1 is 0.870 bits per heavy atom. The number of anilines is 3. The summed E-state index contributed by atoms with van der Waals surface area (Å²) in [7, 11) is 1.45. The van der Waals surface area contributed by atoms with Crippen molar-refractivity contribution in [3.63, 3.8) is 0 Å². The van der Waals surface area contributed by atoms with E-state index in [4.69, 9.17) is 16.3 Å². The van der Waals surface area contributed by atoms with E-state index < -0.39 is 0 Å². The maximum Gasteiger partial charge on any atom is 0.323 e. The van der Waals surface area contributed by atoms with Crippen LogP contribution in [0.15, 0.2) is 48.5 Å². The van der Waals surface area contributed by atoms with Gasteiger partial charge in [0.05, 0.1) is 0 Å². The van der Waals surface area contributed by atoms with E-state index in [1.807, 2.05) is 0 Å². The van der Waals surface area contributed by atoms with Gasteiger partial charge in [0.1, 0.15) is 6.61 Å². The molecule has 0 aliphatic heterocycles. The maximum absolute atomic E-state index is 11.9. The summed E-state index contributed by atoms with van der Waals surface area (Å²) < 4.78 is 4.73. The van der Waals surface area contributed by atoms with E-state index in [9.17, 15) is 9.59 Å². The molecular formula is C16H16ClN3O3. The highest BCUT2D eigenvalue weighted by molar-refractivity contribution is 6.30. The molecule has 0 aliphatic rings. The summed E-state index contributed by atoms with van der Waals surface area (Å²) in [5.74, 6) is -0.242. The van der Waals surface area contributed by atoms with Gasteiger partial charge in [-0.15, -0.1) is 0 Å². The molecule has 2 aromatic carbocycles. The predicted molar refractivity (Wildman–Crippen MR) is 91.0 cm³/mol. The summed E-state index contributed by atoms with van der Waals surface area (Å²) in [6.07, 6.45) is 0. The lowest BCUT2D eigenvalue weighted by Gasteiger charge is -2.09. The second kappa shape index (κ2) is 8.17. The number of benzene rings is 2. The zero-order valence-electron chi connectivity index (χ0n) is 12.4. The number of methoxy groups -OCH3 is 1. The number of halogens is 1. The molecule has 0 saturated carbocycles. The molecule has 3 N–H and O–H groups in total. The highest BCUT2D eigenvalue weighted by atomic mass is 35.5. The van der Waals surface area contributed by atoms with Crippen LogP contribution in [-0.4, -0.2) is 25.7 Å². The van der Waals surface area contributed by atoms with Gasteiger partial charge in [0.25, 0.3) is 0 Å². The monoisotopic (exact) mass is 333 g/mol. The van der Waals surface area contributed by atoms with Crippen molar-refractivity contribution in [2.45, 2.75) is 0 Å². The number of hydrogen-bond acceptors (Lipinski definition) is 3. The molecule has 6 nitrogen and oxygen atoms in total. The highest BCUT2D eigenvalue weighted by Gasteiger charge is 2.04. The molecule has 23 heavy (non-hydrogen) atoms. The van der Waals surface area contributed by atoms with Gasteiger partial charge in [0, 0.05) is 29.2 Å². The van der Waals surface area contributed by atoms with E-state index >= 15 is 0 Å². The molecule has 0 unspecified atom stereocenters. The van der Waals surface area contributed by atoms with Crippen molar-refractivity contribution < 1.29 is 14.3 Å². The van der Waals surface area contributed by atoms with E-state index in [1.165, 1.54) is 7.11 Å². The van der Waals surface area contributed by atoms with E-state index in [-0.39, 0.29) is 18.5 Å². The number of urea groups is 1. The van der Waals surface area contributed by atoms with Crippen LogP contribution in [0, 0.1) is 0 Å². The van der Waals surface area contributed by atoms with Crippen LogP contribution in [0.1, 0.15) is 0 Å². The lowest BCUT2D eigenvalue weighted by Crippen LogP contribution is -2.19. The first-order valence-corrected chi connectivity index (χ1v) is 7.17. The summed E-state index contributed by atoms with van der Waals surface area (Å²) in [5, 5.41) is 8.64. The van der Waals surface area contributed by atoms with Gasteiger partial charge in [-0.25, -0.2) is 4.79 Å². The second-order valence-corrected chi connectivity index (χ2v) is 5.08. The van der Waals surface area contributed by atoms with Crippen molar-refractivity contribution in [1.29, 1.82) is 0 Å². The van der Waals surface area contributed by atoms with Crippen LogP contribution in [0.5, 0.6) is 0 Å². The summed E-state index contributed by atoms with van der Waals surface area (Å²) in [6.45, 7) is -0.0104. The molecule has 0 aliphatic carbocycles. The third-order valence-electron chi connectivity index (χ3n) is 2.80. The molecule has 2 rings (SSSR count). The van der Waals surface area contributed by atoms with Gasteiger partial charge >= 0.3 is 6.03 Å². The average Bonchev–Trinajstić information content (AvgIpc) is 2.52. The summed E-state index contributed by atoms with van der Waals surface area (Å²) in [6, 6.07) is 13.2. The number of carbonyl (C=O) groups excluding carboxylic acids is 2. The van der Waals surface area contributed by atoms with E-state index in [2.05, 4.69) is 16.0 Å². The molecule has 0 saturated heterocycles. The summed E-state index contributed by atoms with van der Waals surface area (Å²) in [5.41, 5.74) is 1.85. The third-order valence-corrected chi connectivity index (χ3v) is 3.06. The van der Waals surface area contributed by atoms with Gasteiger partial charge in [0.2, 0.25) is 5.91 Å². The van der Waals surface area contributed by atoms with Crippen LogP contribution in [-0.2, 0) is 9.53 Å². The van der Waals surface area contributed by atoms with Crippen LogP contribution in [0.3, 0.4) is 0 Å². The summed E-state index contributed by atoms with van der Waals surface area (Å²) >= 11 is 5.78. The number of ether oxygens (including phenoxy) is 1. The Morgan fingerprint density at radius 3 is 1.78 bits per heavy atom.